The number of nitrogens with one attached hydrogen (secondary N) is 2. The molecule has 4 heteroatoms. The second-order valence-electron chi connectivity index (χ2n) is 3.62. The summed E-state index contributed by atoms with van der Waals surface area (Å²) >= 11 is 0. The van der Waals surface area contributed by atoms with E-state index in [9.17, 15) is 0 Å². The molecule has 0 amide bonds. The zero-order valence-corrected chi connectivity index (χ0v) is 9.19. The summed E-state index contributed by atoms with van der Waals surface area (Å²) in [6.07, 6.45) is 3.52. The van der Waals surface area contributed by atoms with Crippen LogP contribution in [-0.4, -0.2) is 36.4 Å². The Morgan fingerprint density at radius 1 is 0.750 bits per heavy atom. The molecule has 0 bridgehead atoms. The lowest BCUT2D eigenvalue weighted by Gasteiger charge is -2.11. The molecule has 2 aromatic rings. The van der Waals surface area contributed by atoms with Gasteiger partial charge in [-0.05, 0) is 0 Å². The third kappa shape index (κ3) is 3.25. The van der Waals surface area contributed by atoms with Gasteiger partial charge in [-0.3, -0.25) is 0 Å². The highest BCUT2D eigenvalue weighted by Crippen LogP contribution is 2.08. The highest BCUT2D eigenvalue weighted by Gasteiger charge is 1.91. The minimum Gasteiger partial charge on any atom is -0.314 e. The van der Waals surface area contributed by atoms with Gasteiger partial charge in [-0.15, -0.1) is 0 Å². The predicted molar refractivity (Wildman–Crippen MR) is 65.3 cm³/mol. The number of benzene rings is 1. The number of aromatic nitrogens is 2. The zero-order chi connectivity index (χ0) is 11.1. The van der Waals surface area contributed by atoms with Crippen LogP contribution in [0.2, 0.25) is 0 Å². The number of piperazine rings is 1. The molecule has 1 aliphatic heterocycles. The molecule has 1 aromatic heterocycles. The molecule has 0 spiro atoms. The molecule has 2 N–H and O–H groups in total. The molecule has 0 saturated carbocycles. The Balaban J connectivity index is 0.000000138. The van der Waals surface area contributed by atoms with Gasteiger partial charge in [0.15, 0.2) is 0 Å². The summed E-state index contributed by atoms with van der Waals surface area (Å²) in [6, 6.07) is 8.02. The fourth-order valence-electron chi connectivity index (χ4n) is 1.54. The van der Waals surface area contributed by atoms with Crippen molar-refractivity contribution in [2.24, 2.45) is 0 Å². The maximum Gasteiger partial charge on any atom is 0.0574 e. The molecule has 4 nitrogen and oxygen atoms in total. The molecule has 1 fully saturated rings. The average Bonchev–Trinajstić information content (AvgIpc) is 2.42. The van der Waals surface area contributed by atoms with Crippen molar-refractivity contribution >= 4 is 10.8 Å². The molecule has 1 saturated heterocycles. The van der Waals surface area contributed by atoms with Gasteiger partial charge in [-0.25, -0.2) is 0 Å². The first-order chi connectivity index (χ1) is 7.97. The monoisotopic (exact) mass is 216 g/mol. The lowest BCUT2D eigenvalue weighted by Crippen LogP contribution is -2.39. The normalized spacial score (nSPS) is 15.2. The van der Waals surface area contributed by atoms with Crippen LogP contribution in [0.4, 0.5) is 0 Å². The predicted octanol–water partition coefficient (Wildman–Crippen LogP) is 0.809. The van der Waals surface area contributed by atoms with Crippen LogP contribution in [0.5, 0.6) is 0 Å². The number of hydrogen-bond donors (Lipinski definition) is 2. The number of rotatable bonds is 0. The van der Waals surface area contributed by atoms with Crippen molar-refractivity contribution in [3.63, 3.8) is 0 Å². The quantitative estimate of drug-likeness (QED) is 0.684. The van der Waals surface area contributed by atoms with Gasteiger partial charge in [0.25, 0.3) is 0 Å². The van der Waals surface area contributed by atoms with E-state index in [2.05, 4.69) is 20.8 Å². The maximum absolute atomic E-state index is 3.76. The van der Waals surface area contributed by atoms with Gasteiger partial charge in [0.05, 0.1) is 12.4 Å². The smallest absolute Gasteiger partial charge is 0.0574 e. The SMILES string of the molecule is C1CNCCN1.c1ccc2cnncc2c1. The average molecular weight is 216 g/mol. The molecular weight excluding hydrogens is 200 g/mol. The Morgan fingerprint density at radius 2 is 1.19 bits per heavy atom. The zero-order valence-electron chi connectivity index (χ0n) is 9.19. The molecule has 1 aliphatic rings. The number of nitrogens with zero attached hydrogens (tertiary/aromatic N) is 2. The van der Waals surface area contributed by atoms with Gasteiger partial charge in [-0.2, -0.15) is 10.2 Å². The van der Waals surface area contributed by atoms with Crippen LogP contribution >= 0.6 is 0 Å². The standard InChI is InChI=1S/C8H6N2.C4H10N2/c1-2-4-8-6-10-9-5-7(8)3-1;1-2-6-4-3-5-1/h1-6H;5-6H,1-4H2. The van der Waals surface area contributed by atoms with Gasteiger partial charge in [0, 0.05) is 37.0 Å². The summed E-state index contributed by atoms with van der Waals surface area (Å²) in [5.74, 6) is 0. The lowest BCUT2D eigenvalue weighted by atomic mass is 10.2. The van der Waals surface area contributed by atoms with Crippen molar-refractivity contribution in [1.29, 1.82) is 0 Å². The second-order valence-corrected chi connectivity index (χ2v) is 3.62. The third-order valence-corrected chi connectivity index (χ3v) is 2.41. The van der Waals surface area contributed by atoms with E-state index in [0.717, 1.165) is 37.0 Å². The van der Waals surface area contributed by atoms with Gasteiger partial charge in [0.2, 0.25) is 0 Å². The van der Waals surface area contributed by atoms with Crippen LogP contribution in [0.25, 0.3) is 10.8 Å². The van der Waals surface area contributed by atoms with Crippen molar-refractivity contribution in [2.75, 3.05) is 26.2 Å². The molecule has 0 unspecified atom stereocenters. The highest BCUT2D eigenvalue weighted by atomic mass is 15.1. The largest absolute Gasteiger partial charge is 0.314 e. The Bertz CT molecular complexity index is 349. The van der Waals surface area contributed by atoms with Crippen molar-refractivity contribution in [3.8, 4) is 0 Å². The van der Waals surface area contributed by atoms with Gasteiger partial charge >= 0.3 is 0 Å². The van der Waals surface area contributed by atoms with Crippen molar-refractivity contribution < 1.29 is 0 Å². The Morgan fingerprint density at radius 3 is 1.56 bits per heavy atom. The van der Waals surface area contributed by atoms with Gasteiger partial charge < -0.3 is 10.6 Å². The molecule has 0 radical (unpaired) electrons. The van der Waals surface area contributed by atoms with E-state index in [0.29, 0.717) is 0 Å². The third-order valence-electron chi connectivity index (χ3n) is 2.41. The molecule has 0 aliphatic carbocycles. The number of fused-ring (bicyclic) bond motifs is 1. The molecule has 3 rings (SSSR count). The van der Waals surface area contributed by atoms with Crippen LogP contribution in [0.1, 0.15) is 0 Å². The van der Waals surface area contributed by atoms with Crippen LogP contribution < -0.4 is 10.6 Å². The summed E-state index contributed by atoms with van der Waals surface area (Å²) in [6.45, 7) is 4.56. The second kappa shape index (κ2) is 6.15. The first kappa shape index (κ1) is 11.0. The lowest BCUT2D eigenvalue weighted by molar-refractivity contribution is 0.534. The van der Waals surface area contributed by atoms with E-state index >= 15 is 0 Å². The van der Waals surface area contributed by atoms with Crippen molar-refractivity contribution in [2.45, 2.75) is 0 Å². The summed E-state index contributed by atoms with van der Waals surface area (Å²) in [7, 11) is 0. The minimum atomic E-state index is 1.14. The summed E-state index contributed by atoms with van der Waals surface area (Å²) in [5, 5.41) is 16.2. The first-order valence-corrected chi connectivity index (χ1v) is 5.54. The molecular formula is C12H16N4. The maximum atomic E-state index is 3.76. The minimum absolute atomic E-state index is 1.14. The summed E-state index contributed by atoms with van der Waals surface area (Å²) in [5.41, 5.74) is 0. The van der Waals surface area contributed by atoms with E-state index in [4.69, 9.17) is 0 Å². The van der Waals surface area contributed by atoms with E-state index < -0.39 is 0 Å². The topological polar surface area (TPSA) is 49.8 Å². The highest BCUT2D eigenvalue weighted by molar-refractivity contribution is 5.80. The molecule has 0 atom stereocenters. The van der Waals surface area contributed by atoms with Crippen LogP contribution in [0.3, 0.4) is 0 Å². The van der Waals surface area contributed by atoms with Crippen LogP contribution in [0.15, 0.2) is 36.7 Å². The Labute approximate surface area is 95.1 Å². The fraction of sp³-hybridized carbons (Fsp3) is 0.333. The van der Waals surface area contributed by atoms with E-state index in [1.165, 1.54) is 0 Å². The summed E-state index contributed by atoms with van der Waals surface area (Å²) < 4.78 is 0. The first-order valence-electron chi connectivity index (χ1n) is 5.54. The molecule has 84 valence electrons. The fourth-order valence-corrected chi connectivity index (χ4v) is 1.54. The Kier molecular flexibility index (Phi) is 4.22. The van der Waals surface area contributed by atoms with Crippen LogP contribution in [0, 0.1) is 0 Å². The molecule has 2 heterocycles. The van der Waals surface area contributed by atoms with Crippen molar-refractivity contribution in [1.82, 2.24) is 20.8 Å². The molecule has 16 heavy (non-hydrogen) atoms. The van der Waals surface area contributed by atoms with Gasteiger partial charge in [0.1, 0.15) is 0 Å². The Hall–Kier alpha value is -1.52. The van der Waals surface area contributed by atoms with E-state index in [1.54, 1.807) is 12.4 Å². The van der Waals surface area contributed by atoms with Crippen molar-refractivity contribution in [3.05, 3.63) is 36.7 Å². The summed E-state index contributed by atoms with van der Waals surface area (Å²) in [4.78, 5) is 0. The van der Waals surface area contributed by atoms with E-state index in [-0.39, 0.29) is 0 Å². The van der Waals surface area contributed by atoms with Crippen LogP contribution in [-0.2, 0) is 0 Å². The number of hydrogen-bond acceptors (Lipinski definition) is 4. The van der Waals surface area contributed by atoms with Gasteiger partial charge in [-0.1, -0.05) is 24.3 Å². The van der Waals surface area contributed by atoms with E-state index in [1.807, 2.05) is 24.3 Å². The molecule has 1 aromatic carbocycles.